The number of anilines is 2. The van der Waals surface area contributed by atoms with Gasteiger partial charge in [-0.1, -0.05) is 48.4 Å². The van der Waals surface area contributed by atoms with Gasteiger partial charge < -0.3 is 10.6 Å². The van der Waals surface area contributed by atoms with Crippen molar-refractivity contribution in [2.75, 3.05) is 10.6 Å². The lowest BCUT2D eigenvalue weighted by Gasteiger charge is -2.12. The third-order valence-electron chi connectivity index (χ3n) is 5.79. The third-order valence-corrected chi connectivity index (χ3v) is 7.06. The van der Waals surface area contributed by atoms with Gasteiger partial charge in [0.05, 0.1) is 0 Å². The van der Waals surface area contributed by atoms with Crippen LogP contribution in [0.2, 0.25) is 5.02 Å². The number of aryl methyl sites for hydroxylation is 3. The number of rotatable bonds is 6. The van der Waals surface area contributed by atoms with Gasteiger partial charge in [0.2, 0.25) is 0 Å². The zero-order valence-electron chi connectivity index (χ0n) is 19.9. The summed E-state index contributed by atoms with van der Waals surface area (Å²) in [6.45, 7) is 7.67. The van der Waals surface area contributed by atoms with E-state index < -0.39 is 17.4 Å². The number of amides is 2. The predicted octanol–water partition coefficient (Wildman–Crippen LogP) is 5.79. The lowest BCUT2D eigenvalue weighted by Crippen LogP contribution is -2.25. The number of halogens is 1. The summed E-state index contributed by atoms with van der Waals surface area (Å²) in [5.74, 6) is -1.07. The molecular formula is C26H25ClN4O3S. The summed E-state index contributed by atoms with van der Waals surface area (Å²) in [6, 6.07) is 12.1. The van der Waals surface area contributed by atoms with E-state index in [-0.39, 0.29) is 10.6 Å². The minimum atomic E-state index is -0.583. The Morgan fingerprint density at radius 3 is 2.46 bits per heavy atom. The highest BCUT2D eigenvalue weighted by Crippen LogP contribution is 2.27. The minimum absolute atomic E-state index is 0.0531. The lowest BCUT2D eigenvalue weighted by atomic mass is 10.1. The summed E-state index contributed by atoms with van der Waals surface area (Å²) >= 11 is 7.06. The number of fused-ring (bicyclic) bond motifs is 1. The zero-order valence-corrected chi connectivity index (χ0v) is 21.4. The van der Waals surface area contributed by atoms with E-state index in [0.717, 1.165) is 34.4 Å². The first-order valence-electron chi connectivity index (χ1n) is 11.2. The van der Waals surface area contributed by atoms with Crippen molar-refractivity contribution >= 4 is 51.1 Å². The Labute approximate surface area is 211 Å². The van der Waals surface area contributed by atoms with Gasteiger partial charge in [-0.25, -0.2) is 9.38 Å². The van der Waals surface area contributed by atoms with Gasteiger partial charge in [-0.05, 0) is 68.1 Å². The Kier molecular flexibility index (Phi) is 7.05. The lowest BCUT2D eigenvalue weighted by molar-refractivity contribution is 0.0989. The van der Waals surface area contributed by atoms with E-state index >= 15 is 0 Å². The molecule has 2 aromatic heterocycles. The first kappa shape index (κ1) is 24.6. The molecule has 0 bridgehead atoms. The second kappa shape index (κ2) is 10.0. The van der Waals surface area contributed by atoms with E-state index in [2.05, 4.69) is 15.6 Å². The van der Waals surface area contributed by atoms with Crippen molar-refractivity contribution in [3.8, 4) is 0 Å². The molecule has 9 heteroatoms. The highest BCUT2D eigenvalue weighted by molar-refractivity contribution is 7.19. The summed E-state index contributed by atoms with van der Waals surface area (Å²) in [6.07, 6.45) is 1.44. The predicted molar refractivity (Wildman–Crippen MR) is 141 cm³/mol. The van der Waals surface area contributed by atoms with Crippen molar-refractivity contribution in [3.63, 3.8) is 0 Å². The Morgan fingerprint density at radius 2 is 1.74 bits per heavy atom. The molecule has 2 amide bonds. The van der Waals surface area contributed by atoms with Gasteiger partial charge in [0, 0.05) is 28.2 Å². The van der Waals surface area contributed by atoms with Crippen LogP contribution in [-0.4, -0.2) is 21.2 Å². The maximum atomic E-state index is 13.5. The Balaban J connectivity index is 1.83. The highest BCUT2D eigenvalue weighted by atomic mass is 35.5. The van der Waals surface area contributed by atoms with Crippen LogP contribution in [0.1, 0.15) is 55.9 Å². The van der Waals surface area contributed by atoms with Crippen molar-refractivity contribution in [2.24, 2.45) is 0 Å². The molecule has 0 radical (unpaired) electrons. The van der Waals surface area contributed by atoms with Crippen LogP contribution in [-0.2, 0) is 6.42 Å². The Morgan fingerprint density at radius 1 is 1.00 bits per heavy atom. The van der Waals surface area contributed by atoms with E-state index in [4.69, 9.17) is 11.6 Å². The van der Waals surface area contributed by atoms with Gasteiger partial charge in [-0.15, -0.1) is 0 Å². The van der Waals surface area contributed by atoms with Gasteiger partial charge in [0.25, 0.3) is 17.4 Å². The maximum absolute atomic E-state index is 13.5. The molecule has 0 spiro atoms. The molecule has 2 heterocycles. The number of thiazole rings is 1. The number of nitrogens with one attached hydrogen (secondary N) is 2. The molecule has 0 fully saturated rings. The third kappa shape index (κ3) is 4.99. The number of hydrogen-bond donors (Lipinski definition) is 2. The normalized spacial score (nSPS) is 11.0. The number of carbonyl (C=O) groups is 2. The average Bonchev–Trinajstić information content (AvgIpc) is 3.19. The summed E-state index contributed by atoms with van der Waals surface area (Å²) in [5.41, 5.74) is 4.04. The van der Waals surface area contributed by atoms with E-state index in [1.165, 1.54) is 10.5 Å². The maximum Gasteiger partial charge on any atom is 0.274 e. The monoisotopic (exact) mass is 508 g/mol. The SMILES string of the molecule is CCCc1cc(=O)n2c(C(=O)Nc3ccc(Cl)cc3C)c(C(=O)Nc3cccc(C)c3C)sc2n1. The standard InChI is InChI=1S/C26H25ClN4O3S/c1-5-7-18-13-21(32)31-22(24(33)29-19-11-10-17(27)12-15(19)3)23(35-26(31)28-18)25(34)30-20-9-6-8-14(2)16(20)4/h6,8-13H,5,7H2,1-4H3,(H,29,33)(H,30,34). The first-order valence-corrected chi connectivity index (χ1v) is 12.4. The Bertz CT molecular complexity index is 1520. The van der Waals surface area contributed by atoms with Gasteiger partial charge >= 0.3 is 0 Å². The van der Waals surface area contributed by atoms with Crippen molar-refractivity contribution in [1.82, 2.24) is 9.38 Å². The molecule has 0 atom stereocenters. The van der Waals surface area contributed by atoms with Gasteiger partial charge in [-0.3, -0.25) is 14.4 Å². The molecule has 2 aromatic carbocycles. The topological polar surface area (TPSA) is 92.6 Å². The van der Waals surface area contributed by atoms with E-state index in [9.17, 15) is 14.4 Å². The number of carbonyl (C=O) groups excluding carboxylic acids is 2. The van der Waals surface area contributed by atoms with Gasteiger partial charge in [0.1, 0.15) is 10.6 Å². The molecule has 0 unspecified atom stereocenters. The van der Waals surface area contributed by atoms with E-state index in [1.807, 2.05) is 39.8 Å². The molecular weight excluding hydrogens is 484 g/mol. The summed E-state index contributed by atoms with van der Waals surface area (Å²) in [4.78, 5) is 44.9. The van der Waals surface area contributed by atoms with Gasteiger partial charge in [0.15, 0.2) is 4.96 Å². The molecule has 2 N–H and O–H groups in total. The van der Waals surface area contributed by atoms with Crippen LogP contribution >= 0.6 is 22.9 Å². The van der Waals surface area contributed by atoms with Crippen molar-refractivity contribution < 1.29 is 9.59 Å². The number of benzene rings is 2. The number of aromatic nitrogens is 2. The fraction of sp³-hybridized carbons (Fsp3) is 0.231. The van der Waals surface area contributed by atoms with Crippen LogP contribution in [0.3, 0.4) is 0 Å². The zero-order chi connectivity index (χ0) is 25.3. The first-order chi connectivity index (χ1) is 16.7. The fourth-order valence-corrected chi connectivity index (χ4v) is 5.05. The van der Waals surface area contributed by atoms with Crippen molar-refractivity contribution in [2.45, 2.75) is 40.5 Å². The van der Waals surface area contributed by atoms with E-state index in [0.29, 0.717) is 33.5 Å². The molecule has 0 aliphatic carbocycles. The molecule has 7 nitrogen and oxygen atoms in total. The number of hydrogen-bond acceptors (Lipinski definition) is 5. The largest absolute Gasteiger partial charge is 0.321 e. The average molecular weight is 509 g/mol. The smallest absolute Gasteiger partial charge is 0.274 e. The molecule has 4 aromatic rings. The molecule has 4 rings (SSSR count). The Hall–Kier alpha value is -3.49. The summed E-state index contributed by atoms with van der Waals surface area (Å²) in [7, 11) is 0. The fourth-order valence-electron chi connectivity index (χ4n) is 3.78. The van der Waals surface area contributed by atoms with Crippen LogP contribution in [0.4, 0.5) is 11.4 Å². The molecule has 0 saturated heterocycles. The summed E-state index contributed by atoms with van der Waals surface area (Å²) in [5, 5.41) is 6.26. The molecule has 35 heavy (non-hydrogen) atoms. The highest BCUT2D eigenvalue weighted by Gasteiger charge is 2.27. The number of nitrogens with zero attached hydrogens (tertiary/aromatic N) is 2. The second-order valence-corrected chi connectivity index (χ2v) is 9.76. The van der Waals surface area contributed by atoms with Crippen LogP contribution < -0.4 is 16.2 Å². The van der Waals surface area contributed by atoms with Crippen LogP contribution in [0.5, 0.6) is 0 Å². The second-order valence-electron chi connectivity index (χ2n) is 8.35. The molecule has 0 saturated carbocycles. The minimum Gasteiger partial charge on any atom is -0.321 e. The van der Waals surface area contributed by atoms with Crippen molar-refractivity contribution in [1.29, 1.82) is 0 Å². The van der Waals surface area contributed by atoms with Crippen LogP contribution in [0.15, 0.2) is 47.3 Å². The summed E-state index contributed by atoms with van der Waals surface area (Å²) < 4.78 is 1.21. The van der Waals surface area contributed by atoms with E-state index in [1.54, 1.807) is 24.3 Å². The molecule has 0 aliphatic heterocycles. The quantitative estimate of drug-likeness (QED) is 0.344. The van der Waals surface area contributed by atoms with Crippen LogP contribution in [0.25, 0.3) is 4.96 Å². The van der Waals surface area contributed by atoms with Gasteiger partial charge in [-0.2, -0.15) is 0 Å². The molecule has 0 aliphatic rings. The molecule has 180 valence electrons. The van der Waals surface area contributed by atoms with Crippen molar-refractivity contribution in [3.05, 3.63) is 90.8 Å². The van der Waals surface area contributed by atoms with Crippen LogP contribution in [0, 0.1) is 20.8 Å².